The van der Waals surface area contributed by atoms with Gasteiger partial charge in [-0.2, -0.15) is 0 Å². The maximum Gasteiger partial charge on any atom is 0.273 e. The van der Waals surface area contributed by atoms with Gasteiger partial charge in [0.05, 0.1) is 19.3 Å². The van der Waals surface area contributed by atoms with Crippen molar-refractivity contribution in [1.29, 1.82) is 0 Å². The quantitative estimate of drug-likeness (QED) is 0.824. The molecule has 3 rings (SSSR count). The number of hydrogen-bond acceptors (Lipinski definition) is 5. The minimum absolute atomic E-state index is 0. The monoisotopic (exact) mass is 385 g/mol. The fourth-order valence-electron chi connectivity index (χ4n) is 2.79. The minimum Gasteiger partial charge on any atom is -0.496 e. The number of amides is 1. The lowest BCUT2D eigenvalue weighted by Gasteiger charge is -2.22. The summed E-state index contributed by atoms with van der Waals surface area (Å²) in [6, 6.07) is 5.67. The Balaban J connectivity index is 0.00000225. The van der Waals surface area contributed by atoms with Crippen molar-refractivity contribution < 1.29 is 9.53 Å². The number of carbonyl (C=O) groups excluding carboxylic acids is 1. The van der Waals surface area contributed by atoms with Crippen LogP contribution >= 0.6 is 24.0 Å². The van der Waals surface area contributed by atoms with Crippen LogP contribution in [0.1, 0.15) is 34.9 Å². The molecule has 1 amide bonds. The lowest BCUT2D eigenvalue weighted by Crippen LogP contribution is -2.29. The third-order valence-electron chi connectivity index (χ3n) is 4.15. The Bertz CT molecular complexity index is 716. The molecule has 7 nitrogen and oxygen atoms in total. The zero-order valence-corrected chi connectivity index (χ0v) is 15.4. The second-order valence-electron chi connectivity index (χ2n) is 5.67. The Hall–Kier alpha value is -1.83. The fraction of sp³-hybridized carbons (Fsp3) is 0.438. The Kier molecular flexibility index (Phi) is 7.04. The van der Waals surface area contributed by atoms with Gasteiger partial charge in [-0.1, -0.05) is 22.9 Å². The van der Waals surface area contributed by atoms with E-state index in [2.05, 4.69) is 20.9 Å². The highest BCUT2D eigenvalue weighted by atomic mass is 35.5. The zero-order valence-electron chi connectivity index (χ0n) is 13.9. The summed E-state index contributed by atoms with van der Waals surface area (Å²) >= 11 is 6.17. The van der Waals surface area contributed by atoms with Gasteiger partial charge in [0.1, 0.15) is 5.75 Å². The molecule has 1 aliphatic heterocycles. The average Bonchev–Trinajstić information content (AvgIpc) is 3.11. The molecule has 1 aromatic heterocycles. The number of nitrogens with zero attached hydrogens (tertiary/aromatic N) is 3. The second kappa shape index (κ2) is 9.03. The molecule has 1 aliphatic rings. The molecule has 0 bridgehead atoms. The zero-order chi connectivity index (χ0) is 16.9. The largest absolute Gasteiger partial charge is 0.496 e. The van der Waals surface area contributed by atoms with Crippen LogP contribution in [0.3, 0.4) is 0 Å². The summed E-state index contributed by atoms with van der Waals surface area (Å²) in [5, 5.41) is 14.7. The molecule has 0 radical (unpaired) electrons. The van der Waals surface area contributed by atoms with E-state index in [9.17, 15) is 4.79 Å². The molecule has 2 heterocycles. The number of rotatable bonds is 5. The van der Waals surface area contributed by atoms with Gasteiger partial charge in [-0.3, -0.25) is 4.79 Å². The van der Waals surface area contributed by atoms with Gasteiger partial charge < -0.3 is 15.4 Å². The molecule has 1 fully saturated rings. The molecule has 1 aromatic carbocycles. The molecule has 0 aliphatic carbocycles. The Labute approximate surface area is 157 Å². The van der Waals surface area contributed by atoms with Crippen LogP contribution in [0.15, 0.2) is 24.4 Å². The van der Waals surface area contributed by atoms with E-state index in [4.69, 9.17) is 16.3 Å². The van der Waals surface area contributed by atoms with Gasteiger partial charge in [0.2, 0.25) is 0 Å². The highest BCUT2D eigenvalue weighted by Gasteiger charge is 2.19. The van der Waals surface area contributed by atoms with Crippen LogP contribution in [0.2, 0.25) is 5.02 Å². The van der Waals surface area contributed by atoms with Gasteiger partial charge in [-0.25, -0.2) is 4.68 Å². The number of carbonyl (C=O) groups is 1. The number of benzene rings is 1. The van der Waals surface area contributed by atoms with Gasteiger partial charge in [0.15, 0.2) is 5.69 Å². The highest BCUT2D eigenvalue weighted by Crippen LogP contribution is 2.26. The van der Waals surface area contributed by atoms with Crippen LogP contribution < -0.4 is 15.4 Å². The molecular formula is C16H21Cl2N5O2. The molecule has 0 saturated carbocycles. The van der Waals surface area contributed by atoms with Gasteiger partial charge in [0, 0.05) is 17.1 Å². The first-order valence-electron chi connectivity index (χ1n) is 7.91. The van der Waals surface area contributed by atoms with Crippen molar-refractivity contribution in [2.45, 2.75) is 25.4 Å². The summed E-state index contributed by atoms with van der Waals surface area (Å²) in [5.41, 5.74) is 1.04. The first-order valence-corrected chi connectivity index (χ1v) is 8.29. The van der Waals surface area contributed by atoms with E-state index < -0.39 is 0 Å². The number of aromatic nitrogens is 3. The molecular weight excluding hydrogens is 365 g/mol. The molecule has 2 aromatic rings. The number of nitrogens with one attached hydrogen (secondary N) is 2. The van der Waals surface area contributed by atoms with Gasteiger partial charge in [-0.15, -0.1) is 17.5 Å². The topological polar surface area (TPSA) is 81.1 Å². The average molecular weight is 386 g/mol. The van der Waals surface area contributed by atoms with Gasteiger partial charge >= 0.3 is 0 Å². The van der Waals surface area contributed by atoms with Crippen molar-refractivity contribution in [2.24, 2.45) is 0 Å². The molecule has 0 unspecified atom stereocenters. The van der Waals surface area contributed by atoms with Crippen molar-refractivity contribution in [1.82, 2.24) is 25.6 Å². The van der Waals surface area contributed by atoms with Crippen LogP contribution in [0.4, 0.5) is 0 Å². The van der Waals surface area contributed by atoms with E-state index in [-0.39, 0.29) is 24.9 Å². The molecule has 25 heavy (non-hydrogen) atoms. The highest BCUT2D eigenvalue weighted by molar-refractivity contribution is 6.31. The SMILES string of the molecule is COc1cccc(Cl)c1CNC(=O)c1cn(C2CCNCC2)nn1.Cl. The van der Waals surface area contributed by atoms with E-state index in [0.29, 0.717) is 22.5 Å². The van der Waals surface area contributed by atoms with Gasteiger partial charge in [0.25, 0.3) is 5.91 Å². The van der Waals surface area contributed by atoms with E-state index in [1.54, 1.807) is 36.2 Å². The molecule has 9 heteroatoms. The third-order valence-corrected chi connectivity index (χ3v) is 4.50. The molecule has 0 spiro atoms. The van der Waals surface area contributed by atoms with Crippen LogP contribution in [0.5, 0.6) is 5.75 Å². The van der Waals surface area contributed by atoms with Crippen molar-refractivity contribution in [3.05, 3.63) is 40.7 Å². The number of piperidine rings is 1. The normalized spacial score (nSPS) is 14.6. The Morgan fingerprint density at radius 3 is 2.92 bits per heavy atom. The minimum atomic E-state index is -0.280. The Morgan fingerprint density at radius 1 is 1.44 bits per heavy atom. The van der Waals surface area contributed by atoms with Crippen LogP contribution in [0, 0.1) is 0 Å². The maximum atomic E-state index is 12.3. The van der Waals surface area contributed by atoms with Crippen molar-refractivity contribution in [2.75, 3.05) is 20.2 Å². The predicted molar refractivity (Wildman–Crippen MR) is 97.6 cm³/mol. The summed E-state index contributed by atoms with van der Waals surface area (Å²) in [5.74, 6) is 0.360. The lowest BCUT2D eigenvalue weighted by molar-refractivity contribution is 0.0945. The van der Waals surface area contributed by atoms with E-state index in [0.717, 1.165) is 31.5 Å². The van der Waals surface area contributed by atoms with Crippen LogP contribution in [-0.4, -0.2) is 41.1 Å². The van der Waals surface area contributed by atoms with E-state index in [1.165, 1.54) is 0 Å². The van der Waals surface area contributed by atoms with E-state index >= 15 is 0 Å². The third kappa shape index (κ3) is 4.62. The van der Waals surface area contributed by atoms with Gasteiger partial charge in [-0.05, 0) is 38.1 Å². The standard InChI is InChI=1S/C16H20ClN5O2.ClH/c1-24-15-4-2-3-13(17)12(15)9-19-16(23)14-10-22(21-20-14)11-5-7-18-8-6-11;/h2-4,10-11,18H,5-9H2,1H3,(H,19,23);1H. The summed E-state index contributed by atoms with van der Waals surface area (Å²) in [7, 11) is 1.57. The second-order valence-corrected chi connectivity index (χ2v) is 6.08. The van der Waals surface area contributed by atoms with E-state index in [1.807, 2.05) is 0 Å². The van der Waals surface area contributed by atoms with Crippen molar-refractivity contribution in [3.63, 3.8) is 0 Å². The summed E-state index contributed by atoms with van der Waals surface area (Å²) in [4.78, 5) is 12.3. The lowest BCUT2D eigenvalue weighted by atomic mass is 10.1. The van der Waals surface area contributed by atoms with Crippen LogP contribution in [0.25, 0.3) is 0 Å². The first kappa shape index (κ1) is 19.5. The molecule has 1 saturated heterocycles. The summed E-state index contributed by atoms with van der Waals surface area (Å²) in [6.07, 6.45) is 3.68. The Morgan fingerprint density at radius 2 is 2.20 bits per heavy atom. The number of hydrogen-bond donors (Lipinski definition) is 2. The first-order chi connectivity index (χ1) is 11.7. The molecule has 2 N–H and O–H groups in total. The molecule has 136 valence electrons. The summed E-state index contributed by atoms with van der Waals surface area (Å²) < 4.78 is 7.06. The fourth-order valence-corrected chi connectivity index (χ4v) is 3.02. The number of methoxy groups -OCH3 is 1. The van der Waals surface area contributed by atoms with Crippen molar-refractivity contribution >= 4 is 29.9 Å². The molecule has 0 atom stereocenters. The smallest absolute Gasteiger partial charge is 0.273 e. The number of ether oxygens (including phenoxy) is 1. The number of halogens is 2. The predicted octanol–water partition coefficient (Wildman–Crippen LogP) is 2.22. The van der Waals surface area contributed by atoms with Crippen LogP contribution in [-0.2, 0) is 6.54 Å². The van der Waals surface area contributed by atoms with Crippen molar-refractivity contribution in [3.8, 4) is 5.75 Å². The summed E-state index contributed by atoms with van der Waals surface area (Å²) in [6.45, 7) is 2.18. The maximum absolute atomic E-state index is 12.3.